The summed E-state index contributed by atoms with van der Waals surface area (Å²) in [6, 6.07) is 17.3. The second kappa shape index (κ2) is 7.54. The number of imide groups is 1. The van der Waals surface area contributed by atoms with Crippen LogP contribution in [0.25, 0.3) is 17.4 Å². The first-order chi connectivity index (χ1) is 13.5. The number of furan rings is 1. The maximum atomic E-state index is 12.6. The maximum absolute atomic E-state index is 12.6. The smallest absolute Gasteiger partial charge is 0.329 e. The van der Waals surface area contributed by atoms with Crippen LogP contribution in [0.4, 0.5) is 4.79 Å². The average molecular weight is 413 g/mol. The van der Waals surface area contributed by atoms with Gasteiger partial charge >= 0.3 is 6.03 Å². The van der Waals surface area contributed by atoms with Crippen molar-refractivity contribution in [2.45, 2.75) is 6.54 Å². The van der Waals surface area contributed by atoms with E-state index in [9.17, 15) is 9.59 Å². The number of carbonyl (C=O) groups excluding carboxylic acids is 2. The van der Waals surface area contributed by atoms with Crippen molar-refractivity contribution in [3.05, 3.63) is 87.7 Å². The summed E-state index contributed by atoms with van der Waals surface area (Å²) in [5, 5.41) is 3.82. The van der Waals surface area contributed by atoms with Gasteiger partial charge < -0.3 is 9.73 Å². The van der Waals surface area contributed by atoms with Crippen LogP contribution in [-0.4, -0.2) is 16.8 Å². The standard InChI is InChI=1S/C21H14Cl2N2O3/c22-15-5-1-13(2-6-15)12-25-20(26)18(24-21(25)27)11-17-9-10-19(28-17)14-3-7-16(23)8-4-14/h1-11H,12H2,(H,24,27)/b18-11+. The molecule has 0 aliphatic carbocycles. The van der Waals surface area contributed by atoms with E-state index in [4.69, 9.17) is 27.6 Å². The molecule has 0 unspecified atom stereocenters. The van der Waals surface area contributed by atoms with E-state index in [-0.39, 0.29) is 12.2 Å². The monoisotopic (exact) mass is 412 g/mol. The molecule has 28 heavy (non-hydrogen) atoms. The van der Waals surface area contributed by atoms with E-state index in [1.807, 2.05) is 12.1 Å². The molecule has 1 fully saturated rings. The van der Waals surface area contributed by atoms with Crippen molar-refractivity contribution in [2.24, 2.45) is 0 Å². The maximum Gasteiger partial charge on any atom is 0.329 e. The fourth-order valence-electron chi connectivity index (χ4n) is 2.83. The molecule has 0 atom stereocenters. The number of rotatable bonds is 4. The van der Waals surface area contributed by atoms with Crippen LogP contribution in [0.2, 0.25) is 10.0 Å². The summed E-state index contributed by atoms with van der Waals surface area (Å²) in [6.07, 6.45) is 1.52. The predicted molar refractivity (Wildman–Crippen MR) is 108 cm³/mol. The fourth-order valence-corrected chi connectivity index (χ4v) is 3.08. The number of halogens is 2. The Balaban J connectivity index is 1.52. The number of carbonyl (C=O) groups is 2. The number of amides is 3. The Morgan fingerprint density at radius 3 is 2.21 bits per heavy atom. The van der Waals surface area contributed by atoms with E-state index in [0.29, 0.717) is 21.6 Å². The number of hydrogen-bond acceptors (Lipinski definition) is 3. The molecule has 1 aliphatic rings. The lowest BCUT2D eigenvalue weighted by molar-refractivity contribution is -0.123. The minimum absolute atomic E-state index is 0.160. The first-order valence-electron chi connectivity index (χ1n) is 8.44. The number of nitrogens with zero attached hydrogens (tertiary/aromatic N) is 1. The van der Waals surface area contributed by atoms with Gasteiger partial charge in [-0.3, -0.25) is 9.69 Å². The van der Waals surface area contributed by atoms with Crippen LogP contribution in [0.1, 0.15) is 11.3 Å². The number of hydrogen-bond donors (Lipinski definition) is 1. The quantitative estimate of drug-likeness (QED) is 0.464. The summed E-state index contributed by atoms with van der Waals surface area (Å²) < 4.78 is 5.77. The molecule has 4 rings (SSSR count). The number of urea groups is 1. The largest absolute Gasteiger partial charge is 0.457 e. The molecule has 1 N–H and O–H groups in total. The van der Waals surface area contributed by atoms with Crippen molar-refractivity contribution < 1.29 is 14.0 Å². The molecule has 140 valence electrons. The van der Waals surface area contributed by atoms with Gasteiger partial charge in [-0.2, -0.15) is 0 Å². The molecule has 0 radical (unpaired) electrons. The van der Waals surface area contributed by atoms with Crippen LogP contribution in [0.15, 0.2) is 70.8 Å². The van der Waals surface area contributed by atoms with E-state index in [2.05, 4.69) is 5.32 Å². The van der Waals surface area contributed by atoms with Gasteiger partial charge in [-0.05, 0) is 54.1 Å². The molecular weight excluding hydrogens is 399 g/mol. The van der Waals surface area contributed by atoms with Crippen LogP contribution in [0.3, 0.4) is 0 Å². The molecule has 2 heterocycles. The molecular formula is C21H14Cl2N2O3. The zero-order chi connectivity index (χ0) is 19.7. The van der Waals surface area contributed by atoms with Crippen molar-refractivity contribution in [1.29, 1.82) is 0 Å². The lowest BCUT2D eigenvalue weighted by Crippen LogP contribution is -2.30. The molecule has 0 bridgehead atoms. The third-order valence-electron chi connectivity index (χ3n) is 4.26. The van der Waals surface area contributed by atoms with Gasteiger partial charge in [0, 0.05) is 21.7 Å². The molecule has 7 heteroatoms. The minimum atomic E-state index is -0.476. The summed E-state index contributed by atoms with van der Waals surface area (Å²) >= 11 is 11.8. The van der Waals surface area contributed by atoms with E-state index in [1.54, 1.807) is 48.5 Å². The van der Waals surface area contributed by atoms with Crippen LogP contribution < -0.4 is 5.32 Å². The van der Waals surface area contributed by atoms with Gasteiger partial charge in [-0.1, -0.05) is 35.3 Å². The Bertz CT molecular complexity index is 1070. The zero-order valence-corrected chi connectivity index (χ0v) is 16.0. The van der Waals surface area contributed by atoms with Crippen molar-refractivity contribution in [2.75, 3.05) is 0 Å². The lowest BCUT2D eigenvalue weighted by atomic mass is 10.2. The van der Waals surface area contributed by atoms with Crippen LogP contribution in [0, 0.1) is 0 Å². The number of benzene rings is 2. The van der Waals surface area contributed by atoms with Gasteiger partial charge in [0.15, 0.2) is 0 Å². The Kier molecular flexibility index (Phi) is 4.94. The third kappa shape index (κ3) is 3.81. The molecule has 2 aromatic carbocycles. The van der Waals surface area contributed by atoms with Gasteiger partial charge in [0.25, 0.3) is 5.91 Å². The highest BCUT2D eigenvalue weighted by Gasteiger charge is 2.33. The molecule has 0 spiro atoms. The molecule has 5 nitrogen and oxygen atoms in total. The minimum Gasteiger partial charge on any atom is -0.457 e. The topological polar surface area (TPSA) is 62.6 Å². The zero-order valence-electron chi connectivity index (χ0n) is 14.5. The van der Waals surface area contributed by atoms with Gasteiger partial charge in [0.05, 0.1) is 6.54 Å². The van der Waals surface area contributed by atoms with Gasteiger partial charge in [0.2, 0.25) is 0 Å². The van der Waals surface area contributed by atoms with Crippen molar-refractivity contribution >= 4 is 41.2 Å². The van der Waals surface area contributed by atoms with E-state index >= 15 is 0 Å². The summed E-state index contributed by atoms with van der Waals surface area (Å²) in [6.45, 7) is 0.160. The molecule has 1 saturated heterocycles. The second-order valence-electron chi connectivity index (χ2n) is 6.21. The second-order valence-corrected chi connectivity index (χ2v) is 7.09. The van der Waals surface area contributed by atoms with Crippen molar-refractivity contribution in [3.63, 3.8) is 0 Å². The van der Waals surface area contributed by atoms with Crippen LogP contribution in [-0.2, 0) is 11.3 Å². The third-order valence-corrected chi connectivity index (χ3v) is 4.76. The summed E-state index contributed by atoms with van der Waals surface area (Å²) in [5.74, 6) is 0.685. The van der Waals surface area contributed by atoms with Crippen molar-refractivity contribution in [3.8, 4) is 11.3 Å². The SMILES string of the molecule is O=C1N/C(=C/c2ccc(-c3ccc(Cl)cc3)o2)C(=O)N1Cc1ccc(Cl)cc1. The van der Waals surface area contributed by atoms with Crippen molar-refractivity contribution in [1.82, 2.24) is 10.2 Å². The Morgan fingerprint density at radius 1 is 0.893 bits per heavy atom. The molecule has 3 amide bonds. The Morgan fingerprint density at radius 2 is 1.54 bits per heavy atom. The predicted octanol–water partition coefficient (Wildman–Crippen LogP) is 5.35. The van der Waals surface area contributed by atoms with Crippen LogP contribution in [0.5, 0.6) is 0 Å². The van der Waals surface area contributed by atoms with Gasteiger partial charge in [0.1, 0.15) is 17.2 Å². The highest BCUT2D eigenvalue weighted by atomic mass is 35.5. The first kappa shape index (κ1) is 18.3. The van der Waals surface area contributed by atoms with E-state index in [0.717, 1.165) is 16.0 Å². The lowest BCUT2D eigenvalue weighted by Gasteiger charge is -2.11. The average Bonchev–Trinajstić information content (AvgIpc) is 3.24. The highest BCUT2D eigenvalue weighted by Crippen LogP contribution is 2.25. The van der Waals surface area contributed by atoms with Crippen LogP contribution >= 0.6 is 23.2 Å². The Labute approximate surface area is 171 Å². The van der Waals surface area contributed by atoms with E-state index < -0.39 is 11.9 Å². The van der Waals surface area contributed by atoms with E-state index in [1.165, 1.54) is 6.08 Å². The Hall–Kier alpha value is -3.02. The normalized spacial score (nSPS) is 15.4. The summed E-state index contributed by atoms with van der Waals surface area (Å²) in [7, 11) is 0. The summed E-state index contributed by atoms with van der Waals surface area (Å²) in [4.78, 5) is 25.9. The first-order valence-corrected chi connectivity index (χ1v) is 9.20. The number of nitrogens with one attached hydrogen (secondary N) is 1. The highest BCUT2D eigenvalue weighted by molar-refractivity contribution is 6.30. The summed E-state index contributed by atoms with van der Waals surface area (Å²) in [5.41, 5.74) is 1.83. The fraction of sp³-hybridized carbons (Fsp3) is 0.0476. The molecule has 3 aromatic rings. The molecule has 1 aromatic heterocycles. The molecule has 0 saturated carbocycles. The molecule has 1 aliphatic heterocycles. The van der Waals surface area contributed by atoms with Gasteiger partial charge in [-0.15, -0.1) is 0 Å². The van der Waals surface area contributed by atoms with Gasteiger partial charge in [-0.25, -0.2) is 4.79 Å².